The summed E-state index contributed by atoms with van der Waals surface area (Å²) in [6.07, 6.45) is 3.74. The Hall–Kier alpha value is -3.27. The molecule has 2 heterocycles. The van der Waals surface area contributed by atoms with Gasteiger partial charge >= 0.3 is 0 Å². The van der Waals surface area contributed by atoms with Crippen LogP contribution in [0.4, 0.5) is 0 Å². The molecule has 25 heavy (non-hydrogen) atoms. The summed E-state index contributed by atoms with van der Waals surface area (Å²) in [6.45, 7) is 3.80. The second-order valence-electron chi connectivity index (χ2n) is 6.33. The van der Waals surface area contributed by atoms with Crippen LogP contribution in [-0.4, -0.2) is 20.2 Å². The molecule has 0 aliphatic rings. The lowest BCUT2D eigenvalue weighted by Gasteiger charge is -2.08. The van der Waals surface area contributed by atoms with Crippen LogP contribution in [0.2, 0.25) is 0 Å². The van der Waals surface area contributed by atoms with E-state index in [9.17, 15) is 10.2 Å². The Morgan fingerprint density at radius 2 is 1.64 bits per heavy atom. The van der Waals surface area contributed by atoms with Crippen LogP contribution in [0.5, 0.6) is 11.5 Å². The first-order chi connectivity index (χ1) is 12.0. The molecule has 0 saturated heterocycles. The van der Waals surface area contributed by atoms with Crippen molar-refractivity contribution in [2.24, 2.45) is 0 Å². The molecule has 4 aromatic rings. The molecule has 4 heteroatoms. The van der Waals surface area contributed by atoms with Crippen molar-refractivity contribution in [2.45, 2.75) is 13.8 Å². The van der Waals surface area contributed by atoms with Crippen LogP contribution in [0.15, 0.2) is 54.9 Å². The predicted octanol–water partition coefficient (Wildman–Crippen LogP) is 4.92. The van der Waals surface area contributed by atoms with Gasteiger partial charge < -0.3 is 15.2 Å². The van der Waals surface area contributed by atoms with E-state index in [1.54, 1.807) is 18.3 Å². The van der Waals surface area contributed by atoms with Crippen molar-refractivity contribution in [3.05, 3.63) is 66.0 Å². The molecule has 4 nitrogen and oxygen atoms in total. The fourth-order valence-corrected chi connectivity index (χ4v) is 3.20. The van der Waals surface area contributed by atoms with Crippen LogP contribution in [0.25, 0.3) is 33.3 Å². The molecule has 0 spiro atoms. The Morgan fingerprint density at radius 1 is 0.880 bits per heavy atom. The summed E-state index contributed by atoms with van der Waals surface area (Å²) in [5, 5.41) is 20.7. The molecule has 4 rings (SSSR count). The lowest BCUT2D eigenvalue weighted by molar-refractivity contribution is 0.467. The number of H-pyrrole nitrogens is 1. The monoisotopic (exact) mass is 330 g/mol. The number of rotatable bonds is 2. The van der Waals surface area contributed by atoms with Crippen molar-refractivity contribution in [1.29, 1.82) is 0 Å². The maximum absolute atomic E-state index is 10.0. The minimum absolute atomic E-state index is 0.233. The summed E-state index contributed by atoms with van der Waals surface area (Å²) in [7, 11) is 0. The van der Waals surface area contributed by atoms with E-state index in [0.717, 1.165) is 44.4 Å². The van der Waals surface area contributed by atoms with Gasteiger partial charge in [0.2, 0.25) is 0 Å². The van der Waals surface area contributed by atoms with Gasteiger partial charge in [0, 0.05) is 28.9 Å². The quantitative estimate of drug-likeness (QED) is 0.488. The number of nitrogens with zero attached hydrogens (tertiary/aromatic N) is 1. The van der Waals surface area contributed by atoms with Crippen molar-refractivity contribution in [3.63, 3.8) is 0 Å². The van der Waals surface area contributed by atoms with Crippen LogP contribution in [0, 0.1) is 13.8 Å². The van der Waals surface area contributed by atoms with Gasteiger partial charge in [0.05, 0.1) is 0 Å². The average molecular weight is 330 g/mol. The summed E-state index contributed by atoms with van der Waals surface area (Å²) in [5.74, 6) is 0.568. The highest BCUT2D eigenvalue weighted by atomic mass is 16.3. The Kier molecular flexibility index (Phi) is 3.46. The molecule has 0 aliphatic carbocycles. The molecular formula is C21H18N2O2. The third-order valence-electron chi connectivity index (χ3n) is 4.51. The molecule has 0 aliphatic heterocycles. The van der Waals surface area contributed by atoms with E-state index in [-0.39, 0.29) is 5.75 Å². The van der Waals surface area contributed by atoms with E-state index in [2.05, 4.69) is 16.0 Å². The molecule has 2 aromatic carbocycles. The van der Waals surface area contributed by atoms with Crippen LogP contribution in [0.3, 0.4) is 0 Å². The largest absolute Gasteiger partial charge is 0.508 e. The van der Waals surface area contributed by atoms with Crippen molar-refractivity contribution in [2.75, 3.05) is 0 Å². The maximum atomic E-state index is 10.0. The topological polar surface area (TPSA) is 69.1 Å². The Bertz CT molecular complexity index is 1070. The lowest BCUT2D eigenvalue weighted by Crippen LogP contribution is -1.85. The molecule has 0 saturated carbocycles. The fraction of sp³-hybridized carbons (Fsp3) is 0.0952. The number of aromatic amines is 1. The number of fused-ring (bicyclic) bond motifs is 1. The number of hydrogen-bond donors (Lipinski definition) is 3. The van der Waals surface area contributed by atoms with Gasteiger partial charge in [-0.1, -0.05) is 12.1 Å². The van der Waals surface area contributed by atoms with Gasteiger partial charge in [-0.05, 0) is 66.4 Å². The van der Waals surface area contributed by atoms with E-state index in [1.165, 1.54) is 0 Å². The molecular weight excluding hydrogens is 312 g/mol. The Labute approximate surface area is 145 Å². The van der Waals surface area contributed by atoms with Gasteiger partial charge in [0.15, 0.2) is 0 Å². The Balaban J connectivity index is 1.90. The lowest BCUT2D eigenvalue weighted by atomic mass is 9.98. The van der Waals surface area contributed by atoms with E-state index in [0.29, 0.717) is 5.75 Å². The van der Waals surface area contributed by atoms with Gasteiger partial charge in [-0.25, -0.2) is 4.98 Å². The fourth-order valence-electron chi connectivity index (χ4n) is 3.20. The molecule has 0 bridgehead atoms. The molecule has 0 radical (unpaired) electrons. The van der Waals surface area contributed by atoms with Crippen LogP contribution in [0.1, 0.15) is 11.1 Å². The minimum Gasteiger partial charge on any atom is -0.508 e. The molecule has 3 N–H and O–H groups in total. The Morgan fingerprint density at radius 3 is 2.36 bits per heavy atom. The van der Waals surface area contributed by atoms with Crippen molar-refractivity contribution in [3.8, 4) is 33.8 Å². The normalized spacial score (nSPS) is 11.1. The standard InChI is InChI=1S/C21H18N2O2/c1-12-6-15(7-13(2)20(12)25)19-11-23-21-18(19)9-16(10-22-21)14-4-3-5-17(24)8-14/h3-11,24-25H,1-2H3,(H,22,23). The highest BCUT2D eigenvalue weighted by molar-refractivity contribution is 5.96. The smallest absolute Gasteiger partial charge is 0.137 e. The van der Waals surface area contributed by atoms with E-state index >= 15 is 0 Å². The van der Waals surface area contributed by atoms with E-state index in [4.69, 9.17) is 0 Å². The van der Waals surface area contributed by atoms with E-state index < -0.39 is 0 Å². The van der Waals surface area contributed by atoms with Gasteiger partial charge in [-0.3, -0.25) is 0 Å². The maximum Gasteiger partial charge on any atom is 0.137 e. The average Bonchev–Trinajstić information content (AvgIpc) is 3.02. The number of aromatic nitrogens is 2. The van der Waals surface area contributed by atoms with Crippen molar-refractivity contribution in [1.82, 2.24) is 9.97 Å². The number of pyridine rings is 1. The predicted molar refractivity (Wildman–Crippen MR) is 99.8 cm³/mol. The van der Waals surface area contributed by atoms with Crippen LogP contribution < -0.4 is 0 Å². The number of benzene rings is 2. The minimum atomic E-state index is 0.233. The first-order valence-electron chi connectivity index (χ1n) is 8.10. The third-order valence-corrected chi connectivity index (χ3v) is 4.51. The number of aromatic hydroxyl groups is 2. The van der Waals surface area contributed by atoms with Crippen molar-refractivity contribution < 1.29 is 10.2 Å². The highest BCUT2D eigenvalue weighted by Gasteiger charge is 2.12. The SMILES string of the molecule is Cc1cc(-c2c[nH]c3ncc(-c4cccc(O)c4)cc23)cc(C)c1O. The second-order valence-corrected chi connectivity index (χ2v) is 6.33. The molecule has 0 unspecified atom stereocenters. The third kappa shape index (κ3) is 2.62. The van der Waals surface area contributed by atoms with E-state index in [1.807, 2.05) is 44.3 Å². The summed E-state index contributed by atoms with van der Waals surface area (Å²) >= 11 is 0. The number of hydrogen-bond acceptors (Lipinski definition) is 3. The summed E-state index contributed by atoms with van der Waals surface area (Å²) < 4.78 is 0. The number of phenolic OH excluding ortho intramolecular Hbond substituents is 2. The first kappa shape index (κ1) is 15.3. The first-order valence-corrected chi connectivity index (χ1v) is 8.10. The number of nitrogens with one attached hydrogen (secondary N) is 1. The number of phenols is 2. The highest BCUT2D eigenvalue weighted by Crippen LogP contribution is 2.34. The molecule has 124 valence electrons. The molecule has 0 fully saturated rings. The van der Waals surface area contributed by atoms with Gasteiger partial charge in [0.25, 0.3) is 0 Å². The van der Waals surface area contributed by atoms with Gasteiger partial charge in [0.1, 0.15) is 17.1 Å². The summed E-state index contributed by atoms with van der Waals surface area (Å²) in [6, 6.07) is 13.2. The summed E-state index contributed by atoms with van der Waals surface area (Å²) in [5.41, 5.74) is 6.44. The zero-order valence-electron chi connectivity index (χ0n) is 14.0. The zero-order valence-corrected chi connectivity index (χ0v) is 14.0. The van der Waals surface area contributed by atoms with Crippen LogP contribution in [-0.2, 0) is 0 Å². The van der Waals surface area contributed by atoms with Gasteiger partial charge in [-0.15, -0.1) is 0 Å². The number of aryl methyl sites for hydroxylation is 2. The van der Waals surface area contributed by atoms with Crippen LogP contribution >= 0.6 is 0 Å². The van der Waals surface area contributed by atoms with Gasteiger partial charge in [-0.2, -0.15) is 0 Å². The molecule has 2 aromatic heterocycles. The summed E-state index contributed by atoms with van der Waals surface area (Å²) in [4.78, 5) is 7.72. The van der Waals surface area contributed by atoms with Crippen molar-refractivity contribution >= 4 is 11.0 Å². The molecule has 0 atom stereocenters. The zero-order chi connectivity index (χ0) is 17.6. The molecule has 0 amide bonds. The second kappa shape index (κ2) is 5.67.